The normalized spacial score (nSPS) is 16.2. The highest BCUT2D eigenvalue weighted by molar-refractivity contribution is 6.36. The van der Waals surface area contributed by atoms with Gasteiger partial charge in [0.1, 0.15) is 19.7 Å². The van der Waals surface area contributed by atoms with Crippen molar-refractivity contribution in [1.29, 1.82) is 5.26 Å². The summed E-state index contributed by atoms with van der Waals surface area (Å²) in [4.78, 5) is 4.31. The van der Waals surface area contributed by atoms with Gasteiger partial charge in [0, 0.05) is 29.5 Å². The number of para-hydroxylation sites is 2. The third-order valence-electron chi connectivity index (χ3n) is 7.01. The molecule has 14 heteroatoms. The van der Waals surface area contributed by atoms with Gasteiger partial charge >= 0.3 is 6.36 Å². The van der Waals surface area contributed by atoms with Crippen LogP contribution in [0.4, 0.5) is 34.6 Å². The Morgan fingerprint density at radius 3 is 2.56 bits per heavy atom. The van der Waals surface area contributed by atoms with E-state index in [4.69, 9.17) is 19.4 Å². The van der Waals surface area contributed by atoms with Crippen LogP contribution in [0.1, 0.15) is 24.0 Å². The van der Waals surface area contributed by atoms with Gasteiger partial charge in [0.25, 0.3) is 0 Å². The zero-order valence-electron chi connectivity index (χ0n) is 22.1. The Morgan fingerprint density at radius 1 is 1.12 bits per heavy atom. The molecule has 0 saturated heterocycles. The van der Waals surface area contributed by atoms with Crippen molar-refractivity contribution >= 4 is 47.4 Å². The maximum absolute atomic E-state index is 13.9. The number of benzene rings is 3. The lowest BCUT2D eigenvalue weighted by molar-refractivity contribution is -0.274. The molecule has 1 aromatic heterocycles. The number of fused-ring (bicyclic) bond motifs is 1. The smallest absolute Gasteiger partial charge is 0.404 e. The van der Waals surface area contributed by atoms with E-state index in [1.165, 1.54) is 36.5 Å². The van der Waals surface area contributed by atoms with Crippen molar-refractivity contribution in [2.75, 3.05) is 10.6 Å². The van der Waals surface area contributed by atoms with Crippen molar-refractivity contribution in [3.63, 3.8) is 0 Å². The number of hydrazine groups is 2. The Hall–Kier alpha value is -4.67. The molecule has 1 saturated carbocycles. The van der Waals surface area contributed by atoms with Crippen molar-refractivity contribution in [1.82, 2.24) is 21.0 Å². The molecule has 1 atom stereocenters. The fourth-order valence-corrected chi connectivity index (χ4v) is 5.05. The minimum atomic E-state index is -4.94. The zero-order chi connectivity index (χ0) is 30.4. The highest BCUT2D eigenvalue weighted by atomic mass is 35.5. The second-order valence-corrected chi connectivity index (χ2v) is 10.4. The minimum absolute atomic E-state index is 0.0376. The zero-order valence-corrected chi connectivity index (χ0v) is 22.9. The van der Waals surface area contributed by atoms with E-state index >= 15 is 0 Å². The Labute approximate surface area is 249 Å². The molecule has 43 heavy (non-hydrogen) atoms. The van der Waals surface area contributed by atoms with E-state index < -0.39 is 23.4 Å². The van der Waals surface area contributed by atoms with Crippen LogP contribution in [0.15, 0.2) is 78.8 Å². The summed E-state index contributed by atoms with van der Waals surface area (Å²) in [6.45, 7) is 0. The molecular weight excluding hydrogens is 585 g/mol. The SMILES string of the molecule is [B]C(Nc1cc(Cl)c2ncc(C#N)c(Nc3ccccc3OC(F)(F)F)c2c1)(C1=CN(C2CC2)NN1)c1ccc(F)cc1. The number of rotatable bonds is 8. The van der Waals surface area contributed by atoms with Gasteiger partial charge in [-0.25, -0.2) is 4.39 Å². The first kappa shape index (κ1) is 28.5. The molecule has 2 heterocycles. The lowest BCUT2D eigenvalue weighted by atomic mass is 9.69. The van der Waals surface area contributed by atoms with Gasteiger partial charge in [-0.15, -0.1) is 18.7 Å². The summed E-state index contributed by atoms with van der Waals surface area (Å²) in [5.74, 6) is -0.931. The predicted octanol–water partition coefficient (Wildman–Crippen LogP) is 6.30. The number of hydrogen-bond donors (Lipinski definition) is 4. The van der Waals surface area contributed by atoms with Gasteiger partial charge in [-0.05, 0) is 54.8 Å². The van der Waals surface area contributed by atoms with Gasteiger partial charge in [-0.2, -0.15) is 5.26 Å². The highest BCUT2D eigenvalue weighted by Crippen LogP contribution is 2.40. The van der Waals surface area contributed by atoms with E-state index in [1.807, 2.05) is 17.3 Å². The van der Waals surface area contributed by atoms with Crippen LogP contribution >= 0.6 is 11.6 Å². The molecule has 4 N–H and O–H groups in total. The second kappa shape index (κ2) is 10.9. The fraction of sp³-hybridized carbons (Fsp3) is 0.172. The Bertz CT molecular complexity index is 1780. The molecule has 1 fully saturated rings. The molecule has 2 radical (unpaired) electrons. The number of nitriles is 1. The summed E-state index contributed by atoms with van der Waals surface area (Å²) in [5.41, 5.74) is 6.62. The molecule has 6 rings (SSSR count). The van der Waals surface area contributed by atoms with Crippen LogP contribution in [0.25, 0.3) is 10.9 Å². The molecule has 1 aliphatic heterocycles. The number of nitrogens with zero attached hydrogens (tertiary/aromatic N) is 3. The third kappa shape index (κ3) is 5.84. The molecule has 0 bridgehead atoms. The number of nitrogens with one attached hydrogen (secondary N) is 4. The quantitative estimate of drug-likeness (QED) is 0.137. The Kier molecular flexibility index (Phi) is 7.19. The topological polar surface area (TPSA) is 97.3 Å². The molecular formula is C29H21BClF4N7O. The molecule has 0 spiro atoms. The standard InChI is InChI=1S/C29H21BClF4N7O/c30-28(17-5-7-18(32)8-6-17,25-15-42(41-40-25)20-9-10-20)39-19-11-21-26(16(13-36)14-37-27(21)22(31)12-19)38-23-3-1-2-4-24(23)43-29(33,34)35/h1-8,11-12,14-15,20,39-41H,9-10H2,(H,37,38). The summed E-state index contributed by atoms with van der Waals surface area (Å²) in [6, 6.07) is 16.7. The average molecular weight is 606 g/mol. The molecule has 8 nitrogen and oxygen atoms in total. The molecule has 216 valence electrons. The monoisotopic (exact) mass is 605 g/mol. The van der Waals surface area contributed by atoms with Crippen LogP contribution in [-0.4, -0.2) is 30.2 Å². The molecule has 3 aromatic carbocycles. The van der Waals surface area contributed by atoms with Gasteiger partial charge < -0.3 is 20.8 Å². The molecule has 1 aliphatic carbocycles. The lowest BCUT2D eigenvalue weighted by Crippen LogP contribution is -2.45. The van der Waals surface area contributed by atoms with Crippen molar-refractivity contribution < 1.29 is 22.3 Å². The van der Waals surface area contributed by atoms with Crippen molar-refractivity contribution in [3.8, 4) is 11.8 Å². The second-order valence-electron chi connectivity index (χ2n) is 10.0. The van der Waals surface area contributed by atoms with Gasteiger partial charge in [0.05, 0.1) is 38.6 Å². The first-order valence-corrected chi connectivity index (χ1v) is 13.4. The number of hydrogen-bond acceptors (Lipinski definition) is 8. The van der Waals surface area contributed by atoms with E-state index in [9.17, 15) is 22.8 Å². The van der Waals surface area contributed by atoms with Crippen molar-refractivity contribution in [3.05, 3.63) is 101 Å². The fourth-order valence-electron chi connectivity index (χ4n) is 4.78. The van der Waals surface area contributed by atoms with Gasteiger partial charge in [0.2, 0.25) is 0 Å². The van der Waals surface area contributed by atoms with Crippen LogP contribution in [0.2, 0.25) is 5.02 Å². The number of anilines is 3. The van der Waals surface area contributed by atoms with Gasteiger partial charge in [-0.3, -0.25) is 9.99 Å². The minimum Gasteiger partial charge on any atom is -0.404 e. The lowest BCUT2D eigenvalue weighted by Gasteiger charge is -2.34. The highest BCUT2D eigenvalue weighted by Gasteiger charge is 2.38. The molecule has 0 amide bonds. The molecule has 1 unspecified atom stereocenters. The maximum atomic E-state index is 13.9. The van der Waals surface area contributed by atoms with E-state index in [2.05, 4.69) is 31.3 Å². The van der Waals surface area contributed by atoms with Crippen LogP contribution < -0.4 is 26.3 Å². The van der Waals surface area contributed by atoms with Crippen molar-refractivity contribution in [2.45, 2.75) is 30.7 Å². The van der Waals surface area contributed by atoms with Crippen LogP contribution in [0.5, 0.6) is 5.75 Å². The van der Waals surface area contributed by atoms with Gasteiger partial charge in [0.15, 0.2) is 5.75 Å². The van der Waals surface area contributed by atoms with Crippen LogP contribution in [0.3, 0.4) is 0 Å². The first-order chi connectivity index (χ1) is 20.5. The Morgan fingerprint density at radius 2 is 1.86 bits per heavy atom. The first-order valence-electron chi connectivity index (χ1n) is 13.0. The molecule has 2 aliphatic rings. The largest absolute Gasteiger partial charge is 0.573 e. The van der Waals surface area contributed by atoms with Crippen LogP contribution in [-0.2, 0) is 5.44 Å². The predicted molar refractivity (Wildman–Crippen MR) is 155 cm³/mol. The maximum Gasteiger partial charge on any atom is 0.573 e. The summed E-state index contributed by atoms with van der Waals surface area (Å²) in [5, 5.41) is 18.4. The van der Waals surface area contributed by atoms with E-state index in [-0.39, 0.29) is 27.5 Å². The number of halogens is 5. The summed E-state index contributed by atoms with van der Waals surface area (Å²) >= 11 is 6.65. The molecule has 4 aromatic rings. The van der Waals surface area contributed by atoms with Gasteiger partial charge in [-0.1, -0.05) is 35.9 Å². The number of alkyl halides is 3. The number of pyridine rings is 1. The Balaban J connectivity index is 1.45. The number of aromatic nitrogens is 1. The summed E-state index contributed by atoms with van der Waals surface area (Å²) in [6.07, 6.45) is 0.196. The van der Waals surface area contributed by atoms with E-state index in [0.29, 0.717) is 28.4 Å². The number of ether oxygens (including phenoxy) is 1. The van der Waals surface area contributed by atoms with E-state index in [1.54, 1.807) is 24.3 Å². The summed E-state index contributed by atoms with van der Waals surface area (Å²) in [7, 11) is 7.00. The summed E-state index contributed by atoms with van der Waals surface area (Å²) < 4.78 is 57.3. The van der Waals surface area contributed by atoms with Crippen molar-refractivity contribution in [2.24, 2.45) is 0 Å². The van der Waals surface area contributed by atoms with Crippen LogP contribution in [0, 0.1) is 17.1 Å². The van der Waals surface area contributed by atoms with E-state index in [0.717, 1.165) is 18.9 Å². The average Bonchev–Trinajstić information content (AvgIpc) is 3.69. The third-order valence-corrected chi connectivity index (χ3v) is 7.30.